The molecule has 6 aliphatic rings. The van der Waals surface area contributed by atoms with Crippen LogP contribution >= 0.6 is 0 Å². The van der Waals surface area contributed by atoms with Gasteiger partial charge in [-0.05, 0) is 143 Å². The van der Waals surface area contributed by atoms with Crippen LogP contribution in [-0.4, -0.2) is 63.4 Å². The van der Waals surface area contributed by atoms with Gasteiger partial charge < -0.3 is 28.4 Å². The van der Waals surface area contributed by atoms with Crippen LogP contribution < -0.4 is 4.74 Å². The summed E-state index contributed by atoms with van der Waals surface area (Å²) in [7, 11) is 1.31. The number of ether oxygens (including phenoxy) is 6. The lowest BCUT2D eigenvalue weighted by Crippen LogP contribution is -2.15. The molecule has 66 heavy (non-hydrogen) atoms. The number of carbonyl (C=O) groups excluding carboxylic acids is 5. The Hall–Kier alpha value is -5.71. The lowest BCUT2D eigenvalue weighted by atomic mass is 9.82. The molecule has 6 aliphatic carbocycles. The molecular formula is C55H76O11. The maximum Gasteiger partial charge on any atom is 0.330 e. The molecule has 2 aromatic rings. The quantitative estimate of drug-likeness (QED) is 0.0820. The number of hydrogen-bond donors (Lipinski definition) is 0. The van der Waals surface area contributed by atoms with E-state index in [1.165, 1.54) is 54.5 Å². The molecule has 0 aromatic heterocycles. The Bertz CT molecular complexity index is 1680. The third-order valence-electron chi connectivity index (χ3n) is 12.9. The highest BCUT2D eigenvalue weighted by atomic mass is 16.6. The van der Waals surface area contributed by atoms with Crippen molar-refractivity contribution >= 4 is 29.8 Å². The second-order valence-corrected chi connectivity index (χ2v) is 16.7. The number of para-hydroxylation sites is 1. The Morgan fingerprint density at radius 3 is 1.18 bits per heavy atom. The second kappa shape index (κ2) is 33.7. The minimum atomic E-state index is -0.429. The van der Waals surface area contributed by atoms with Crippen molar-refractivity contribution in [3.05, 3.63) is 130 Å². The number of esters is 5. The zero-order chi connectivity index (χ0) is 48.5. The first-order chi connectivity index (χ1) is 32.0. The Morgan fingerprint density at radius 1 is 0.485 bits per heavy atom. The van der Waals surface area contributed by atoms with E-state index in [0.717, 1.165) is 41.7 Å². The van der Waals surface area contributed by atoms with Crippen molar-refractivity contribution in [3.63, 3.8) is 0 Å². The number of rotatable bonds is 13. The summed E-state index contributed by atoms with van der Waals surface area (Å²) in [4.78, 5) is 51.3. The fourth-order valence-electron chi connectivity index (χ4n) is 10.2. The van der Waals surface area contributed by atoms with E-state index in [4.69, 9.17) is 14.2 Å². The third-order valence-corrected chi connectivity index (χ3v) is 12.9. The fourth-order valence-corrected chi connectivity index (χ4v) is 10.2. The molecule has 362 valence electrons. The van der Waals surface area contributed by atoms with Crippen molar-refractivity contribution < 1.29 is 52.4 Å². The van der Waals surface area contributed by atoms with Gasteiger partial charge in [0.25, 0.3) is 0 Å². The topological polar surface area (TPSA) is 141 Å². The third kappa shape index (κ3) is 21.5. The molecule has 0 aliphatic heterocycles. The van der Waals surface area contributed by atoms with Crippen LogP contribution in [0, 0.1) is 47.3 Å². The van der Waals surface area contributed by atoms with Crippen LogP contribution in [0.4, 0.5) is 0 Å². The molecule has 2 aromatic carbocycles. The van der Waals surface area contributed by atoms with Gasteiger partial charge in [0.15, 0.2) is 0 Å². The average Bonchev–Trinajstić information content (AvgIpc) is 4.23. The van der Waals surface area contributed by atoms with E-state index in [-0.39, 0.29) is 24.5 Å². The van der Waals surface area contributed by atoms with Crippen LogP contribution in [-0.2, 0) is 54.3 Å². The molecule has 8 unspecified atom stereocenters. The van der Waals surface area contributed by atoms with E-state index in [9.17, 15) is 24.0 Å². The molecule has 0 radical (unpaired) electrons. The molecular weight excluding hydrogens is 837 g/mol. The summed E-state index contributed by atoms with van der Waals surface area (Å²) in [5, 5.41) is 0. The van der Waals surface area contributed by atoms with Crippen molar-refractivity contribution in [1.82, 2.24) is 0 Å². The molecule has 0 saturated heterocycles. The summed E-state index contributed by atoms with van der Waals surface area (Å²) >= 11 is 0. The van der Waals surface area contributed by atoms with Crippen LogP contribution in [0.2, 0.25) is 0 Å². The van der Waals surface area contributed by atoms with Gasteiger partial charge in [0.05, 0.1) is 20.3 Å². The monoisotopic (exact) mass is 913 g/mol. The number of carbonyl (C=O) groups is 5. The first-order valence-corrected chi connectivity index (χ1v) is 23.6. The standard InChI is InChI=1S/C11H12O3.C10H10O2.2C10H16.2C5H8O2.C4H6O2/c1-2-11(12)14-9-8-13-10-6-4-3-5-7-10;1-2-10(11)12-8-9-6-4-3-5-7-9;2*1-2-9-7-4-5-8(6-7)10(9)3-1;2*1-3-5(6)7-4-2;1-3-4(5)6-2/h2-7H,1,8-9H2;2-7H,1,8H2;2*7-10H,1-6H2;2*3H,1,4H2,2H3;3H,1H2,2H3. The SMILES string of the molecule is C1CC2C3CCC(C3)C2C1.C1CC2C3CCC(C3)C2C1.C=CC(=O)OC.C=CC(=O)OCC.C=CC(=O)OCC.C=CC(=O)OCCOc1ccccc1.C=CC(=O)OCc1ccccc1. The van der Waals surface area contributed by atoms with Crippen molar-refractivity contribution in [3.8, 4) is 5.75 Å². The van der Waals surface area contributed by atoms with Crippen LogP contribution in [0.1, 0.15) is 96.5 Å². The van der Waals surface area contributed by atoms with Crippen LogP contribution in [0.15, 0.2) is 124 Å². The van der Waals surface area contributed by atoms with Crippen molar-refractivity contribution in [2.24, 2.45) is 47.3 Å². The number of fused-ring (bicyclic) bond motifs is 10. The Balaban J connectivity index is 0.000000270. The van der Waals surface area contributed by atoms with Gasteiger partial charge in [-0.3, -0.25) is 0 Å². The summed E-state index contributed by atoms with van der Waals surface area (Å²) in [6.07, 6.45) is 24.7. The summed E-state index contributed by atoms with van der Waals surface area (Å²) in [5.41, 5.74) is 0.979. The summed E-state index contributed by atoms with van der Waals surface area (Å²) in [6, 6.07) is 18.9. The van der Waals surface area contributed by atoms with E-state index >= 15 is 0 Å². The largest absolute Gasteiger partial charge is 0.490 e. The zero-order valence-corrected chi connectivity index (χ0v) is 39.8. The number of hydrogen-bond acceptors (Lipinski definition) is 11. The molecule has 11 heteroatoms. The minimum Gasteiger partial charge on any atom is -0.490 e. The molecule has 0 heterocycles. The molecule has 0 spiro atoms. The molecule has 6 saturated carbocycles. The summed E-state index contributed by atoms with van der Waals surface area (Å²) in [6.45, 7) is 21.4. The summed E-state index contributed by atoms with van der Waals surface area (Å²) in [5.74, 6) is 8.43. The first-order valence-electron chi connectivity index (χ1n) is 23.6. The Morgan fingerprint density at radius 2 is 0.848 bits per heavy atom. The zero-order valence-electron chi connectivity index (χ0n) is 39.8. The van der Waals surface area contributed by atoms with Crippen LogP contribution in [0.25, 0.3) is 0 Å². The predicted molar refractivity (Wildman–Crippen MR) is 259 cm³/mol. The maximum atomic E-state index is 10.6. The van der Waals surface area contributed by atoms with Gasteiger partial charge in [0.2, 0.25) is 0 Å². The van der Waals surface area contributed by atoms with Gasteiger partial charge in [-0.15, -0.1) is 0 Å². The molecule has 8 rings (SSSR count). The highest BCUT2D eigenvalue weighted by molar-refractivity contribution is 5.82. The van der Waals surface area contributed by atoms with Gasteiger partial charge in [0.1, 0.15) is 25.6 Å². The van der Waals surface area contributed by atoms with E-state index < -0.39 is 11.9 Å². The molecule has 0 N–H and O–H groups in total. The van der Waals surface area contributed by atoms with Gasteiger partial charge in [0, 0.05) is 30.4 Å². The van der Waals surface area contributed by atoms with E-state index in [0.29, 0.717) is 26.4 Å². The van der Waals surface area contributed by atoms with Crippen LogP contribution in [0.3, 0.4) is 0 Å². The molecule has 8 atom stereocenters. The fraction of sp³-hybridized carbons (Fsp3) is 0.509. The molecule has 6 fully saturated rings. The van der Waals surface area contributed by atoms with Gasteiger partial charge in [-0.25, -0.2) is 24.0 Å². The second-order valence-electron chi connectivity index (χ2n) is 16.7. The van der Waals surface area contributed by atoms with E-state index in [1.54, 1.807) is 90.9 Å². The molecule has 11 nitrogen and oxygen atoms in total. The molecule has 4 bridgehead atoms. The lowest BCUT2D eigenvalue weighted by molar-refractivity contribution is -0.139. The van der Waals surface area contributed by atoms with Crippen molar-refractivity contribution in [1.29, 1.82) is 0 Å². The van der Waals surface area contributed by atoms with Gasteiger partial charge >= 0.3 is 29.8 Å². The predicted octanol–water partition coefficient (Wildman–Crippen LogP) is 11.2. The van der Waals surface area contributed by atoms with Crippen molar-refractivity contribution in [2.45, 2.75) is 97.5 Å². The van der Waals surface area contributed by atoms with Gasteiger partial charge in [-0.2, -0.15) is 0 Å². The average molecular weight is 913 g/mol. The lowest BCUT2D eigenvalue weighted by Gasteiger charge is -2.23. The summed E-state index contributed by atoms with van der Waals surface area (Å²) < 4.78 is 27.9. The number of methoxy groups -OCH3 is 1. The Labute approximate surface area is 394 Å². The Kier molecular flexibility index (Phi) is 28.8. The van der Waals surface area contributed by atoms with E-state index in [2.05, 4.69) is 47.1 Å². The molecule has 0 amide bonds. The number of benzene rings is 2. The minimum absolute atomic E-state index is 0.236. The highest BCUT2D eigenvalue weighted by Crippen LogP contribution is 2.59. The maximum absolute atomic E-state index is 10.6. The van der Waals surface area contributed by atoms with Gasteiger partial charge in [-0.1, -0.05) is 94.3 Å². The van der Waals surface area contributed by atoms with Crippen molar-refractivity contribution in [2.75, 3.05) is 33.5 Å². The highest BCUT2D eigenvalue weighted by Gasteiger charge is 2.49. The smallest absolute Gasteiger partial charge is 0.330 e. The van der Waals surface area contributed by atoms with E-state index in [1.807, 2.05) is 60.7 Å². The first kappa shape index (κ1) is 56.4. The van der Waals surface area contributed by atoms with Crippen LogP contribution in [0.5, 0.6) is 5.75 Å². The normalized spacial score (nSPS) is 23.3.